The number of nitrogens with one attached hydrogen (secondary N) is 1. The smallest absolute Gasteiger partial charge is 0.249 e. The Morgan fingerprint density at radius 1 is 1.25 bits per heavy atom. The van der Waals surface area contributed by atoms with Crippen molar-refractivity contribution in [2.45, 2.75) is 19.9 Å². The van der Waals surface area contributed by atoms with Crippen molar-refractivity contribution in [3.63, 3.8) is 0 Å². The zero-order valence-corrected chi connectivity index (χ0v) is 13.6. The van der Waals surface area contributed by atoms with E-state index >= 15 is 0 Å². The molecule has 0 saturated heterocycles. The maximum Gasteiger partial charge on any atom is 0.249 e. The third-order valence-electron chi connectivity index (χ3n) is 3.56. The predicted molar refractivity (Wildman–Crippen MR) is 87.3 cm³/mol. The van der Waals surface area contributed by atoms with Gasteiger partial charge in [0.2, 0.25) is 17.6 Å². The van der Waals surface area contributed by atoms with Gasteiger partial charge in [-0.3, -0.25) is 0 Å². The van der Waals surface area contributed by atoms with Crippen LogP contribution in [0.1, 0.15) is 24.4 Å². The van der Waals surface area contributed by atoms with Gasteiger partial charge in [0.05, 0.1) is 19.0 Å². The van der Waals surface area contributed by atoms with Crippen molar-refractivity contribution in [1.29, 1.82) is 0 Å². The van der Waals surface area contributed by atoms with E-state index in [1.165, 1.54) is 6.07 Å². The molecule has 1 N–H and O–H groups in total. The number of hydrogen-bond donors (Lipinski definition) is 1. The summed E-state index contributed by atoms with van der Waals surface area (Å²) in [7, 11) is 1.56. The van der Waals surface area contributed by atoms with Crippen molar-refractivity contribution < 1.29 is 13.7 Å². The molecule has 7 heteroatoms. The lowest BCUT2D eigenvalue weighted by molar-refractivity contribution is 0.368. The highest BCUT2D eigenvalue weighted by molar-refractivity contribution is 5.55. The van der Waals surface area contributed by atoms with Gasteiger partial charge in [0.15, 0.2) is 0 Å². The lowest BCUT2D eigenvalue weighted by Crippen LogP contribution is -2.07. The molecule has 0 spiro atoms. The Bertz CT molecular complexity index is 833. The van der Waals surface area contributed by atoms with Gasteiger partial charge in [0, 0.05) is 11.6 Å². The van der Waals surface area contributed by atoms with Gasteiger partial charge in [0.1, 0.15) is 11.9 Å². The van der Waals surface area contributed by atoms with Crippen molar-refractivity contribution in [1.82, 2.24) is 15.1 Å². The monoisotopic (exact) mass is 328 g/mol. The SMILES string of the molecule is COc1ccc(N[C@@H](C)c2nc(-c3ccc(F)c(C)c3)no2)cn1. The molecule has 0 amide bonds. The van der Waals surface area contributed by atoms with Crippen molar-refractivity contribution in [2.24, 2.45) is 0 Å². The number of hydrogen-bond acceptors (Lipinski definition) is 6. The molecule has 1 atom stereocenters. The van der Waals surface area contributed by atoms with E-state index in [1.807, 2.05) is 13.0 Å². The van der Waals surface area contributed by atoms with Gasteiger partial charge in [0.25, 0.3) is 0 Å². The first kappa shape index (κ1) is 15.9. The Morgan fingerprint density at radius 3 is 2.75 bits per heavy atom. The highest BCUT2D eigenvalue weighted by Gasteiger charge is 2.16. The highest BCUT2D eigenvalue weighted by atomic mass is 19.1. The van der Waals surface area contributed by atoms with E-state index in [-0.39, 0.29) is 11.9 Å². The summed E-state index contributed by atoms with van der Waals surface area (Å²) < 4.78 is 23.7. The zero-order valence-electron chi connectivity index (χ0n) is 13.6. The van der Waals surface area contributed by atoms with Crippen LogP contribution < -0.4 is 10.1 Å². The molecule has 0 saturated carbocycles. The molecule has 0 aliphatic heterocycles. The Kier molecular flexibility index (Phi) is 4.41. The van der Waals surface area contributed by atoms with Crippen LogP contribution in [0.2, 0.25) is 0 Å². The van der Waals surface area contributed by atoms with E-state index in [9.17, 15) is 4.39 Å². The molecule has 0 aliphatic carbocycles. The number of rotatable bonds is 5. The van der Waals surface area contributed by atoms with Gasteiger partial charge in [-0.15, -0.1) is 0 Å². The molecule has 2 aromatic heterocycles. The average molecular weight is 328 g/mol. The molecule has 0 bridgehead atoms. The highest BCUT2D eigenvalue weighted by Crippen LogP contribution is 2.23. The van der Waals surface area contributed by atoms with Crippen LogP contribution in [0.4, 0.5) is 10.1 Å². The standard InChI is InChI=1S/C17H17FN4O2/c1-10-8-12(4-6-14(10)18)16-21-17(24-22-16)11(2)20-13-5-7-15(23-3)19-9-13/h4-9,11,20H,1-3H3/t11-/m0/s1. The maximum atomic E-state index is 13.4. The predicted octanol–water partition coefficient (Wildman–Crippen LogP) is 3.76. The summed E-state index contributed by atoms with van der Waals surface area (Å²) in [5.41, 5.74) is 2.05. The second-order valence-electron chi connectivity index (χ2n) is 5.38. The van der Waals surface area contributed by atoms with E-state index < -0.39 is 0 Å². The van der Waals surface area contributed by atoms with Crippen LogP contribution >= 0.6 is 0 Å². The lowest BCUT2D eigenvalue weighted by atomic mass is 10.1. The van der Waals surface area contributed by atoms with E-state index in [4.69, 9.17) is 9.26 Å². The van der Waals surface area contributed by atoms with Gasteiger partial charge < -0.3 is 14.6 Å². The van der Waals surface area contributed by atoms with Gasteiger partial charge in [-0.05, 0) is 43.7 Å². The molecule has 6 nitrogen and oxygen atoms in total. The number of halogens is 1. The second kappa shape index (κ2) is 6.66. The van der Waals surface area contributed by atoms with Crippen LogP contribution in [0.15, 0.2) is 41.1 Å². The fourth-order valence-corrected chi connectivity index (χ4v) is 2.21. The summed E-state index contributed by atoms with van der Waals surface area (Å²) in [6.45, 7) is 3.60. The van der Waals surface area contributed by atoms with Crippen LogP contribution in [-0.2, 0) is 0 Å². The molecule has 2 heterocycles. The first-order valence-electron chi connectivity index (χ1n) is 7.43. The molecule has 3 aromatic rings. The van der Waals surface area contributed by atoms with Crippen molar-refractivity contribution in [2.75, 3.05) is 12.4 Å². The normalized spacial score (nSPS) is 12.0. The molecular formula is C17H17FN4O2. The number of ether oxygens (including phenoxy) is 1. The minimum Gasteiger partial charge on any atom is -0.481 e. The second-order valence-corrected chi connectivity index (χ2v) is 5.38. The van der Waals surface area contributed by atoms with E-state index in [0.717, 1.165) is 5.69 Å². The fraction of sp³-hybridized carbons (Fsp3) is 0.235. The number of benzene rings is 1. The first-order valence-corrected chi connectivity index (χ1v) is 7.43. The summed E-state index contributed by atoms with van der Waals surface area (Å²) in [5.74, 6) is 1.14. The molecule has 0 fully saturated rings. The third kappa shape index (κ3) is 3.34. The number of pyridine rings is 1. The van der Waals surface area contributed by atoms with Gasteiger partial charge in [-0.2, -0.15) is 4.98 Å². The number of aryl methyl sites for hydroxylation is 1. The van der Waals surface area contributed by atoms with Gasteiger partial charge in [-0.1, -0.05) is 5.16 Å². The average Bonchev–Trinajstić information content (AvgIpc) is 3.08. The molecule has 0 radical (unpaired) electrons. The number of aromatic nitrogens is 3. The zero-order chi connectivity index (χ0) is 17.1. The summed E-state index contributed by atoms with van der Waals surface area (Å²) in [6.07, 6.45) is 1.66. The molecule has 124 valence electrons. The fourth-order valence-electron chi connectivity index (χ4n) is 2.21. The Morgan fingerprint density at radius 2 is 2.08 bits per heavy atom. The molecular weight excluding hydrogens is 311 g/mol. The van der Waals surface area contributed by atoms with Gasteiger partial charge >= 0.3 is 0 Å². The third-order valence-corrected chi connectivity index (χ3v) is 3.56. The van der Waals surface area contributed by atoms with Crippen molar-refractivity contribution >= 4 is 5.69 Å². The topological polar surface area (TPSA) is 73.1 Å². The van der Waals surface area contributed by atoms with Crippen molar-refractivity contribution in [3.8, 4) is 17.3 Å². The minimum absolute atomic E-state index is 0.206. The van der Waals surface area contributed by atoms with E-state index in [0.29, 0.717) is 28.7 Å². The van der Waals surface area contributed by atoms with Crippen LogP contribution in [0.5, 0.6) is 5.88 Å². The van der Waals surface area contributed by atoms with Crippen LogP contribution in [0.25, 0.3) is 11.4 Å². The number of anilines is 1. The lowest BCUT2D eigenvalue weighted by Gasteiger charge is -2.10. The molecule has 3 rings (SSSR count). The quantitative estimate of drug-likeness (QED) is 0.769. The molecule has 1 aromatic carbocycles. The Hall–Kier alpha value is -2.96. The van der Waals surface area contributed by atoms with E-state index in [1.54, 1.807) is 38.4 Å². The molecule has 0 aliphatic rings. The largest absolute Gasteiger partial charge is 0.481 e. The summed E-state index contributed by atoms with van der Waals surface area (Å²) in [4.78, 5) is 8.50. The molecule has 24 heavy (non-hydrogen) atoms. The Balaban J connectivity index is 1.75. The maximum absolute atomic E-state index is 13.4. The summed E-state index contributed by atoms with van der Waals surface area (Å²) in [5, 5.41) is 7.18. The summed E-state index contributed by atoms with van der Waals surface area (Å²) in [6, 6.07) is 8.12. The van der Waals surface area contributed by atoms with Crippen molar-refractivity contribution in [3.05, 3.63) is 53.8 Å². The summed E-state index contributed by atoms with van der Waals surface area (Å²) >= 11 is 0. The van der Waals surface area contributed by atoms with Crippen LogP contribution in [0, 0.1) is 12.7 Å². The number of nitrogens with zero attached hydrogens (tertiary/aromatic N) is 3. The number of methoxy groups -OCH3 is 1. The first-order chi connectivity index (χ1) is 11.6. The minimum atomic E-state index is -0.260. The Labute approximate surface area is 138 Å². The van der Waals surface area contributed by atoms with Crippen LogP contribution in [0.3, 0.4) is 0 Å². The van der Waals surface area contributed by atoms with E-state index in [2.05, 4.69) is 20.4 Å². The van der Waals surface area contributed by atoms with Crippen LogP contribution in [-0.4, -0.2) is 22.2 Å². The van der Waals surface area contributed by atoms with Gasteiger partial charge in [-0.25, -0.2) is 9.37 Å². The molecule has 0 unspecified atom stereocenters.